The molecule has 21 heavy (non-hydrogen) atoms. The number of methoxy groups -OCH3 is 2. The van der Waals surface area contributed by atoms with Crippen LogP contribution in [0.5, 0.6) is 23.0 Å². The smallest absolute Gasteiger partial charge is 0.211 e. The molecule has 0 aliphatic heterocycles. The highest BCUT2D eigenvalue weighted by molar-refractivity contribution is 5.97. The number of ketones is 1. The Labute approximate surface area is 122 Å². The molecule has 0 N–H and O–H groups in total. The van der Waals surface area contributed by atoms with Gasteiger partial charge in [-0.25, -0.2) is 4.39 Å². The summed E-state index contributed by atoms with van der Waals surface area (Å²) in [5.41, 5.74) is -0.106. The van der Waals surface area contributed by atoms with Crippen molar-refractivity contribution < 1.29 is 23.4 Å². The number of hydrogen-bond acceptors (Lipinski definition) is 4. The van der Waals surface area contributed by atoms with Gasteiger partial charge < -0.3 is 14.2 Å². The molecule has 0 bridgehead atoms. The Hall–Kier alpha value is -2.56. The lowest BCUT2D eigenvalue weighted by Crippen LogP contribution is -2.02. The highest BCUT2D eigenvalue weighted by atomic mass is 19.1. The minimum absolute atomic E-state index is 0.106. The van der Waals surface area contributed by atoms with Gasteiger partial charge in [-0.3, -0.25) is 4.79 Å². The summed E-state index contributed by atoms with van der Waals surface area (Å²) in [5.74, 6) is 0.202. The topological polar surface area (TPSA) is 44.8 Å². The van der Waals surface area contributed by atoms with E-state index in [-0.39, 0.29) is 17.1 Å². The number of ether oxygens (including phenoxy) is 3. The zero-order chi connectivity index (χ0) is 15.4. The van der Waals surface area contributed by atoms with Crippen LogP contribution in [-0.2, 0) is 0 Å². The molecule has 0 fully saturated rings. The summed E-state index contributed by atoms with van der Waals surface area (Å²) >= 11 is 0. The Bertz CT molecular complexity index is 645. The number of para-hydroxylation sites is 1. The van der Waals surface area contributed by atoms with Crippen LogP contribution in [0.25, 0.3) is 0 Å². The number of benzene rings is 2. The molecule has 0 aliphatic rings. The van der Waals surface area contributed by atoms with Crippen molar-refractivity contribution >= 4 is 5.78 Å². The summed E-state index contributed by atoms with van der Waals surface area (Å²) < 4.78 is 29.9. The first-order valence-corrected chi connectivity index (χ1v) is 6.26. The van der Waals surface area contributed by atoms with E-state index >= 15 is 0 Å². The molecule has 0 saturated carbocycles. The highest BCUT2D eigenvalue weighted by Gasteiger charge is 2.18. The molecule has 0 aliphatic carbocycles. The molecular weight excluding hydrogens is 275 g/mol. The van der Waals surface area contributed by atoms with Crippen molar-refractivity contribution in [2.24, 2.45) is 0 Å². The van der Waals surface area contributed by atoms with Gasteiger partial charge in [0.25, 0.3) is 0 Å². The standard InChI is InChI=1S/C16H15FO4/c1-10(18)15-11(17)6-4-7-12(15)21-16-13(19-2)8-5-9-14(16)20-3/h4-9H,1-3H3. The third kappa shape index (κ3) is 2.97. The van der Waals surface area contributed by atoms with E-state index in [0.717, 1.165) is 0 Å². The van der Waals surface area contributed by atoms with Gasteiger partial charge >= 0.3 is 0 Å². The lowest BCUT2D eigenvalue weighted by Gasteiger charge is -2.15. The first-order valence-electron chi connectivity index (χ1n) is 6.26. The SMILES string of the molecule is COc1cccc(OC)c1Oc1cccc(F)c1C(C)=O. The summed E-state index contributed by atoms with van der Waals surface area (Å²) in [7, 11) is 2.97. The van der Waals surface area contributed by atoms with E-state index in [2.05, 4.69) is 0 Å². The number of Topliss-reactive ketones (excluding diaryl/α,β-unsaturated/α-hetero) is 1. The van der Waals surface area contributed by atoms with Crippen molar-refractivity contribution in [2.45, 2.75) is 6.92 Å². The van der Waals surface area contributed by atoms with E-state index in [1.807, 2.05) is 0 Å². The largest absolute Gasteiger partial charge is 0.493 e. The number of carbonyl (C=O) groups is 1. The lowest BCUT2D eigenvalue weighted by molar-refractivity contribution is 0.101. The monoisotopic (exact) mass is 290 g/mol. The Morgan fingerprint density at radius 3 is 2.00 bits per heavy atom. The molecule has 0 unspecified atom stereocenters. The summed E-state index contributed by atoms with van der Waals surface area (Å²) in [6, 6.07) is 9.31. The Kier molecular flexibility index (Phi) is 4.42. The third-order valence-electron chi connectivity index (χ3n) is 2.92. The van der Waals surface area contributed by atoms with Crippen LogP contribution in [0.2, 0.25) is 0 Å². The van der Waals surface area contributed by atoms with E-state index in [0.29, 0.717) is 11.5 Å². The van der Waals surface area contributed by atoms with Crippen LogP contribution < -0.4 is 14.2 Å². The fraction of sp³-hybridized carbons (Fsp3) is 0.188. The minimum Gasteiger partial charge on any atom is -0.493 e. The maximum atomic E-state index is 13.8. The van der Waals surface area contributed by atoms with Crippen molar-refractivity contribution in [1.82, 2.24) is 0 Å². The van der Waals surface area contributed by atoms with Crippen molar-refractivity contribution in [2.75, 3.05) is 14.2 Å². The maximum absolute atomic E-state index is 13.8. The molecule has 0 radical (unpaired) electrons. The number of rotatable bonds is 5. The summed E-state index contributed by atoms with van der Waals surface area (Å²) in [5, 5.41) is 0. The van der Waals surface area contributed by atoms with Crippen LogP contribution in [0.4, 0.5) is 4.39 Å². The van der Waals surface area contributed by atoms with Crippen molar-refractivity contribution in [3.63, 3.8) is 0 Å². The van der Waals surface area contributed by atoms with E-state index in [1.165, 1.54) is 39.3 Å². The van der Waals surface area contributed by atoms with Gasteiger partial charge in [0.1, 0.15) is 11.6 Å². The predicted octanol–water partition coefficient (Wildman–Crippen LogP) is 3.84. The van der Waals surface area contributed by atoms with Crippen molar-refractivity contribution in [3.05, 3.63) is 47.8 Å². The molecule has 0 heterocycles. The molecule has 2 aromatic rings. The number of carbonyl (C=O) groups excluding carboxylic acids is 1. The van der Waals surface area contributed by atoms with E-state index < -0.39 is 11.6 Å². The summed E-state index contributed by atoms with van der Waals surface area (Å²) in [6.07, 6.45) is 0. The van der Waals surface area contributed by atoms with Gasteiger partial charge in [-0.05, 0) is 31.2 Å². The molecule has 4 nitrogen and oxygen atoms in total. The molecule has 0 spiro atoms. The predicted molar refractivity (Wildman–Crippen MR) is 76.0 cm³/mol. The fourth-order valence-electron chi connectivity index (χ4n) is 1.96. The normalized spacial score (nSPS) is 10.1. The molecular formula is C16H15FO4. The lowest BCUT2D eigenvalue weighted by atomic mass is 10.1. The maximum Gasteiger partial charge on any atom is 0.211 e. The number of hydrogen-bond donors (Lipinski definition) is 0. The van der Waals surface area contributed by atoms with Gasteiger partial charge in [-0.15, -0.1) is 0 Å². The van der Waals surface area contributed by atoms with E-state index in [4.69, 9.17) is 14.2 Å². The van der Waals surface area contributed by atoms with E-state index in [1.54, 1.807) is 18.2 Å². The van der Waals surface area contributed by atoms with Gasteiger partial charge in [-0.1, -0.05) is 12.1 Å². The minimum atomic E-state index is -0.631. The second-order valence-electron chi connectivity index (χ2n) is 4.26. The van der Waals surface area contributed by atoms with Crippen LogP contribution in [0.15, 0.2) is 36.4 Å². The van der Waals surface area contributed by atoms with Gasteiger partial charge in [0.2, 0.25) is 5.75 Å². The zero-order valence-corrected chi connectivity index (χ0v) is 12.0. The van der Waals surface area contributed by atoms with Crippen LogP contribution in [0.1, 0.15) is 17.3 Å². The molecule has 5 heteroatoms. The Morgan fingerprint density at radius 2 is 1.48 bits per heavy atom. The first kappa shape index (κ1) is 14.8. The van der Waals surface area contributed by atoms with Crippen molar-refractivity contribution in [3.8, 4) is 23.0 Å². The summed E-state index contributed by atoms with van der Waals surface area (Å²) in [6.45, 7) is 1.28. The molecule has 110 valence electrons. The second kappa shape index (κ2) is 6.26. The van der Waals surface area contributed by atoms with Gasteiger partial charge in [0.15, 0.2) is 17.3 Å². The average molecular weight is 290 g/mol. The average Bonchev–Trinajstić information content (AvgIpc) is 2.47. The van der Waals surface area contributed by atoms with Crippen molar-refractivity contribution in [1.29, 1.82) is 0 Å². The molecule has 2 rings (SSSR count). The molecule has 0 saturated heterocycles. The van der Waals surface area contributed by atoms with Gasteiger partial charge in [0.05, 0.1) is 19.8 Å². The molecule has 2 aromatic carbocycles. The Morgan fingerprint density at radius 1 is 0.952 bits per heavy atom. The molecule has 0 atom stereocenters. The molecule has 0 aromatic heterocycles. The van der Waals surface area contributed by atoms with Gasteiger partial charge in [-0.2, -0.15) is 0 Å². The zero-order valence-electron chi connectivity index (χ0n) is 12.0. The van der Waals surface area contributed by atoms with Crippen LogP contribution >= 0.6 is 0 Å². The van der Waals surface area contributed by atoms with E-state index in [9.17, 15) is 9.18 Å². The van der Waals surface area contributed by atoms with Gasteiger partial charge in [0, 0.05) is 0 Å². The second-order valence-corrected chi connectivity index (χ2v) is 4.26. The van der Waals surface area contributed by atoms with Crippen LogP contribution in [0.3, 0.4) is 0 Å². The Balaban J connectivity index is 2.53. The third-order valence-corrected chi connectivity index (χ3v) is 2.92. The number of halogens is 1. The quantitative estimate of drug-likeness (QED) is 0.785. The van der Waals surface area contributed by atoms with Crippen LogP contribution in [-0.4, -0.2) is 20.0 Å². The van der Waals surface area contributed by atoms with Crippen LogP contribution in [0, 0.1) is 5.82 Å². The molecule has 0 amide bonds. The first-order chi connectivity index (χ1) is 10.1. The summed E-state index contributed by atoms with van der Waals surface area (Å²) in [4.78, 5) is 11.6. The fourth-order valence-corrected chi connectivity index (χ4v) is 1.96. The highest BCUT2D eigenvalue weighted by Crippen LogP contribution is 2.41.